The molecule has 1 heterocycles. The number of rotatable bonds is 6. The molecule has 1 aromatic rings. The Balaban J connectivity index is 1.54. The standard InChI is InChI=1S/C24H36N4O4/c1-15(2)19-18(13-25-28(19)7-6-22(3,4)27-21(30)32-5)20(29)26-23-9-16-8-17(10-23)12-24(31,11-16)14-23/h6-7,13,15-17,31H,8-12,14H2,1-5H3,(H,26,29)(H,27,30)/b7-6+. The van der Waals surface area contributed by atoms with Crippen molar-refractivity contribution in [2.45, 2.75) is 88.8 Å². The van der Waals surface area contributed by atoms with Gasteiger partial charge in [-0.1, -0.05) is 13.8 Å². The number of methoxy groups -OCH3 is 1. The lowest BCUT2D eigenvalue weighted by Crippen LogP contribution is -2.65. The number of nitrogens with zero attached hydrogens (tertiary/aromatic N) is 2. The Labute approximate surface area is 189 Å². The molecule has 4 saturated carbocycles. The first-order valence-corrected chi connectivity index (χ1v) is 11.6. The van der Waals surface area contributed by atoms with E-state index in [-0.39, 0.29) is 17.4 Å². The fourth-order valence-electron chi connectivity index (χ4n) is 6.52. The van der Waals surface area contributed by atoms with Crippen LogP contribution in [0.25, 0.3) is 6.20 Å². The van der Waals surface area contributed by atoms with Gasteiger partial charge in [-0.15, -0.1) is 0 Å². The topological polar surface area (TPSA) is 105 Å². The van der Waals surface area contributed by atoms with E-state index in [4.69, 9.17) is 0 Å². The fourth-order valence-corrected chi connectivity index (χ4v) is 6.52. The summed E-state index contributed by atoms with van der Waals surface area (Å²) >= 11 is 0. The number of carbonyl (C=O) groups is 2. The van der Waals surface area contributed by atoms with Gasteiger partial charge in [0.2, 0.25) is 0 Å². The summed E-state index contributed by atoms with van der Waals surface area (Å²) in [5.74, 6) is 0.952. The first-order chi connectivity index (χ1) is 14.9. The van der Waals surface area contributed by atoms with Gasteiger partial charge >= 0.3 is 6.09 Å². The number of hydrogen-bond acceptors (Lipinski definition) is 5. The molecule has 4 fully saturated rings. The molecule has 0 aromatic carbocycles. The molecule has 8 nitrogen and oxygen atoms in total. The molecule has 0 saturated heterocycles. The van der Waals surface area contributed by atoms with Gasteiger partial charge in [0.1, 0.15) is 0 Å². The summed E-state index contributed by atoms with van der Waals surface area (Å²) in [6.45, 7) is 7.77. The van der Waals surface area contributed by atoms with Crippen molar-refractivity contribution in [3.8, 4) is 0 Å². The molecule has 8 heteroatoms. The lowest BCUT2D eigenvalue weighted by Gasteiger charge is -2.60. The van der Waals surface area contributed by atoms with Crippen LogP contribution in [0.5, 0.6) is 0 Å². The average Bonchev–Trinajstić information content (AvgIpc) is 3.08. The van der Waals surface area contributed by atoms with Crippen LogP contribution in [0.4, 0.5) is 4.79 Å². The molecule has 2 atom stereocenters. The Morgan fingerprint density at radius 2 is 1.94 bits per heavy atom. The minimum absolute atomic E-state index is 0.0696. The van der Waals surface area contributed by atoms with E-state index in [0.29, 0.717) is 23.8 Å². The summed E-state index contributed by atoms with van der Waals surface area (Å²) in [7, 11) is 1.33. The molecule has 4 aliphatic rings. The van der Waals surface area contributed by atoms with Crippen LogP contribution in [0.3, 0.4) is 0 Å². The number of aromatic nitrogens is 2. The molecule has 0 spiro atoms. The van der Waals surface area contributed by atoms with Crippen molar-refractivity contribution in [3.05, 3.63) is 23.5 Å². The van der Waals surface area contributed by atoms with Gasteiger partial charge in [-0.3, -0.25) is 4.79 Å². The second kappa shape index (κ2) is 7.90. The van der Waals surface area contributed by atoms with Crippen LogP contribution < -0.4 is 10.6 Å². The molecule has 4 bridgehead atoms. The SMILES string of the molecule is COC(=O)NC(C)(C)/C=C/n1ncc(C(=O)NC23CC4CC(CC(O)(C4)C2)C3)c1C(C)C. The van der Waals surface area contributed by atoms with Crippen LogP contribution in [0.1, 0.15) is 88.2 Å². The van der Waals surface area contributed by atoms with Gasteiger partial charge in [0.15, 0.2) is 0 Å². The van der Waals surface area contributed by atoms with Gasteiger partial charge in [-0.2, -0.15) is 5.10 Å². The van der Waals surface area contributed by atoms with Crippen LogP contribution in [-0.4, -0.2) is 50.7 Å². The van der Waals surface area contributed by atoms with Crippen LogP contribution in [0, 0.1) is 11.8 Å². The molecule has 2 unspecified atom stereocenters. The largest absolute Gasteiger partial charge is 0.453 e. The maximum Gasteiger partial charge on any atom is 0.407 e. The highest BCUT2D eigenvalue weighted by atomic mass is 16.5. The molecular weight excluding hydrogens is 408 g/mol. The Bertz CT molecular complexity index is 918. The van der Waals surface area contributed by atoms with Crippen molar-refractivity contribution in [3.63, 3.8) is 0 Å². The summed E-state index contributed by atoms with van der Waals surface area (Å²) in [5.41, 5.74) is -0.204. The van der Waals surface area contributed by atoms with E-state index in [2.05, 4.69) is 20.5 Å². The second-order valence-corrected chi connectivity index (χ2v) is 11.1. The third kappa shape index (κ3) is 4.42. The first kappa shape index (κ1) is 22.8. The normalized spacial score (nSPS) is 31.3. The van der Waals surface area contributed by atoms with Gasteiger partial charge in [0.05, 0.1) is 35.7 Å². The van der Waals surface area contributed by atoms with Crippen LogP contribution >= 0.6 is 0 Å². The maximum absolute atomic E-state index is 13.4. The number of nitrogens with one attached hydrogen (secondary N) is 2. The highest BCUT2D eigenvalue weighted by Crippen LogP contribution is 2.57. The molecular formula is C24H36N4O4. The molecule has 1 aromatic heterocycles. The number of amides is 2. The Hall–Kier alpha value is -2.35. The predicted molar refractivity (Wildman–Crippen MR) is 121 cm³/mol. The van der Waals surface area contributed by atoms with E-state index in [1.54, 1.807) is 17.1 Å². The zero-order valence-electron chi connectivity index (χ0n) is 19.8. The number of ether oxygens (including phenoxy) is 1. The number of alkyl carbamates (subject to hydrolysis) is 1. The zero-order valence-corrected chi connectivity index (χ0v) is 19.8. The summed E-state index contributed by atoms with van der Waals surface area (Å²) in [5, 5.41) is 21.5. The molecule has 5 rings (SSSR count). The first-order valence-electron chi connectivity index (χ1n) is 11.6. The van der Waals surface area contributed by atoms with Gasteiger partial charge in [-0.25, -0.2) is 9.48 Å². The molecule has 176 valence electrons. The van der Waals surface area contributed by atoms with E-state index in [1.165, 1.54) is 13.5 Å². The Kier molecular flexibility index (Phi) is 5.64. The summed E-state index contributed by atoms with van der Waals surface area (Å²) in [4.78, 5) is 25.0. The monoisotopic (exact) mass is 444 g/mol. The highest BCUT2D eigenvalue weighted by molar-refractivity contribution is 5.96. The van der Waals surface area contributed by atoms with E-state index in [9.17, 15) is 14.7 Å². The van der Waals surface area contributed by atoms with Crippen molar-refractivity contribution in [1.82, 2.24) is 20.4 Å². The second-order valence-electron chi connectivity index (χ2n) is 11.1. The van der Waals surface area contributed by atoms with Crippen LogP contribution in [0.2, 0.25) is 0 Å². The highest BCUT2D eigenvalue weighted by Gasteiger charge is 2.57. The van der Waals surface area contributed by atoms with E-state index in [0.717, 1.165) is 31.4 Å². The fraction of sp³-hybridized carbons (Fsp3) is 0.708. The average molecular weight is 445 g/mol. The maximum atomic E-state index is 13.4. The molecule has 0 aliphatic heterocycles. The number of aliphatic hydroxyl groups is 1. The van der Waals surface area contributed by atoms with Crippen molar-refractivity contribution in [2.24, 2.45) is 11.8 Å². The van der Waals surface area contributed by atoms with Crippen molar-refractivity contribution >= 4 is 18.2 Å². The minimum Gasteiger partial charge on any atom is -0.453 e. The third-order valence-corrected chi connectivity index (χ3v) is 7.28. The Morgan fingerprint density at radius 3 is 2.50 bits per heavy atom. The molecule has 32 heavy (non-hydrogen) atoms. The van der Waals surface area contributed by atoms with Crippen molar-refractivity contribution < 1.29 is 19.4 Å². The quantitative estimate of drug-likeness (QED) is 0.623. The summed E-state index contributed by atoms with van der Waals surface area (Å²) in [6.07, 6.45) is 10.2. The van der Waals surface area contributed by atoms with Gasteiger partial charge in [0, 0.05) is 11.7 Å². The molecule has 4 aliphatic carbocycles. The summed E-state index contributed by atoms with van der Waals surface area (Å²) < 4.78 is 6.38. The molecule has 3 N–H and O–H groups in total. The smallest absolute Gasteiger partial charge is 0.407 e. The number of carbonyl (C=O) groups excluding carboxylic acids is 2. The van der Waals surface area contributed by atoms with Crippen LogP contribution in [0.15, 0.2) is 12.3 Å². The Morgan fingerprint density at radius 1 is 1.28 bits per heavy atom. The minimum atomic E-state index is -0.648. The van der Waals surface area contributed by atoms with Crippen molar-refractivity contribution in [1.29, 1.82) is 0 Å². The number of hydrogen-bond donors (Lipinski definition) is 3. The van der Waals surface area contributed by atoms with E-state index < -0.39 is 17.2 Å². The van der Waals surface area contributed by atoms with Gasteiger partial charge in [0.25, 0.3) is 5.91 Å². The summed E-state index contributed by atoms with van der Waals surface area (Å²) in [6, 6.07) is 0. The predicted octanol–water partition coefficient (Wildman–Crippen LogP) is 3.43. The molecule has 2 amide bonds. The lowest BCUT2D eigenvalue weighted by atomic mass is 9.51. The van der Waals surface area contributed by atoms with Gasteiger partial charge in [-0.05, 0) is 76.2 Å². The van der Waals surface area contributed by atoms with E-state index >= 15 is 0 Å². The van der Waals surface area contributed by atoms with Crippen molar-refractivity contribution in [2.75, 3.05) is 7.11 Å². The zero-order chi connectivity index (χ0) is 23.3. The van der Waals surface area contributed by atoms with Gasteiger partial charge < -0.3 is 20.5 Å². The van der Waals surface area contributed by atoms with Crippen LogP contribution in [-0.2, 0) is 4.74 Å². The lowest BCUT2D eigenvalue weighted by molar-refractivity contribution is -0.139. The third-order valence-electron chi connectivity index (χ3n) is 7.28. The molecule has 0 radical (unpaired) electrons. The van der Waals surface area contributed by atoms with E-state index in [1.807, 2.05) is 33.8 Å².